The lowest BCUT2D eigenvalue weighted by atomic mass is 10.0. The second kappa shape index (κ2) is 9.31. The van der Waals surface area contributed by atoms with Crippen molar-refractivity contribution in [3.8, 4) is 17.5 Å². The molecule has 1 N–H and O–H groups in total. The molecule has 1 atom stereocenters. The molecule has 0 unspecified atom stereocenters. The Kier molecular flexibility index (Phi) is 6.01. The molecule has 7 nitrogen and oxygen atoms in total. The molecule has 1 aliphatic heterocycles. The van der Waals surface area contributed by atoms with Crippen molar-refractivity contribution in [1.82, 2.24) is 19.5 Å². The molecule has 1 fully saturated rings. The largest absolute Gasteiger partial charge is 0.492 e. The Labute approximate surface area is 219 Å². The summed E-state index contributed by atoms with van der Waals surface area (Å²) in [5.74, 6) is 1.14. The van der Waals surface area contributed by atoms with Crippen molar-refractivity contribution in [1.29, 1.82) is 0 Å². The average Bonchev–Trinajstić information content (AvgIpc) is 3.59. The van der Waals surface area contributed by atoms with Crippen LogP contribution in [0.1, 0.15) is 16.5 Å². The summed E-state index contributed by atoms with van der Waals surface area (Å²) in [7, 11) is 0. The van der Waals surface area contributed by atoms with E-state index < -0.39 is 0 Å². The zero-order valence-corrected chi connectivity index (χ0v) is 21.7. The second-order valence-corrected chi connectivity index (χ2v) is 10.7. The highest BCUT2D eigenvalue weighted by Gasteiger charge is 2.32. The minimum absolute atomic E-state index is 0.109. The smallest absolute Gasteiger partial charge is 0.230 e. The lowest BCUT2D eigenvalue weighted by Crippen LogP contribution is -2.47. The number of furan rings is 1. The lowest BCUT2D eigenvalue weighted by molar-refractivity contribution is 0.211. The van der Waals surface area contributed by atoms with Crippen molar-refractivity contribution in [3.05, 3.63) is 86.9 Å². The Morgan fingerprint density at radius 1 is 1.03 bits per heavy atom. The molecule has 2 aromatic carbocycles. The normalized spacial score (nSPS) is 15.7. The summed E-state index contributed by atoms with van der Waals surface area (Å²) in [6, 6.07) is 19.7. The van der Waals surface area contributed by atoms with E-state index in [9.17, 15) is 5.11 Å². The Hall–Kier alpha value is -2.85. The van der Waals surface area contributed by atoms with Crippen molar-refractivity contribution < 1.29 is 9.52 Å². The molecule has 1 aliphatic rings. The van der Waals surface area contributed by atoms with Crippen LogP contribution in [0.2, 0.25) is 5.02 Å². The van der Waals surface area contributed by atoms with E-state index in [-0.39, 0.29) is 11.9 Å². The van der Waals surface area contributed by atoms with Crippen LogP contribution < -0.4 is 4.90 Å². The van der Waals surface area contributed by atoms with Gasteiger partial charge in [0.25, 0.3) is 0 Å². The van der Waals surface area contributed by atoms with Gasteiger partial charge in [-0.3, -0.25) is 4.90 Å². The van der Waals surface area contributed by atoms with Crippen LogP contribution in [0.25, 0.3) is 16.5 Å². The molecule has 0 saturated carbocycles. The predicted octanol–water partition coefficient (Wildman–Crippen LogP) is 6.08. The lowest BCUT2D eigenvalue weighted by Gasteiger charge is -2.40. The van der Waals surface area contributed by atoms with Crippen LogP contribution in [0.15, 0.2) is 75.8 Å². The second-order valence-electron chi connectivity index (χ2n) is 8.36. The fourth-order valence-electron chi connectivity index (χ4n) is 4.55. The van der Waals surface area contributed by atoms with Gasteiger partial charge >= 0.3 is 0 Å². The van der Waals surface area contributed by atoms with Gasteiger partial charge in [-0.2, -0.15) is 9.50 Å². The van der Waals surface area contributed by atoms with Crippen molar-refractivity contribution in [2.75, 3.05) is 31.1 Å². The SMILES string of the molecule is Oc1c([C@@H](c2cccc(Br)c2)N2CCN(c3cccc(Cl)c3)CC2)sc2nc(-c3ccco3)nn12. The summed E-state index contributed by atoms with van der Waals surface area (Å²) in [4.78, 5) is 10.8. The number of hydrogen-bond acceptors (Lipinski definition) is 7. The van der Waals surface area contributed by atoms with Crippen LogP contribution in [-0.2, 0) is 0 Å². The Bertz CT molecular complexity index is 1480. The predicted molar refractivity (Wildman–Crippen MR) is 141 cm³/mol. The first-order valence-corrected chi connectivity index (χ1v) is 13.2. The van der Waals surface area contributed by atoms with Crippen molar-refractivity contribution in [2.45, 2.75) is 6.04 Å². The van der Waals surface area contributed by atoms with Gasteiger partial charge < -0.3 is 14.4 Å². The third kappa shape index (κ3) is 4.33. The number of rotatable bonds is 5. The van der Waals surface area contributed by atoms with Gasteiger partial charge in [0.1, 0.15) is 0 Å². The molecule has 4 heterocycles. The summed E-state index contributed by atoms with van der Waals surface area (Å²) in [5, 5.41) is 16.5. The molecule has 3 aromatic heterocycles. The molecule has 0 bridgehead atoms. The molecule has 0 aliphatic carbocycles. The molecule has 0 radical (unpaired) electrons. The maximum absolute atomic E-state index is 11.3. The van der Waals surface area contributed by atoms with Crippen LogP contribution in [0.4, 0.5) is 5.69 Å². The van der Waals surface area contributed by atoms with Crippen molar-refractivity contribution >= 4 is 49.5 Å². The first-order valence-electron chi connectivity index (χ1n) is 11.2. The highest BCUT2D eigenvalue weighted by Crippen LogP contribution is 2.41. The van der Waals surface area contributed by atoms with Crippen LogP contribution in [-0.4, -0.2) is 50.8 Å². The molecule has 178 valence electrons. The summed E-state index contributed by atoms with van der Waals surface area (Å²) in [5.41, 5.74) is 2.23. The van der Waals surface area contributed by atoms with Gasteiger partial charge in [-0.05, 0) is 48.0 Å². The Balaban J connectivity index is 1.34. The zero-order chi connectivity index (χ0) is 23.9. The molecule has 0 amide bonds. The van der Waals surface area contributed by atoms with E-state index in [4.69, 9.17) is 16.0 Å². The quantitative estimate of drug-likeness (QED) is 0.276. The van der Waals surface area contributed by atoms with E-state index in [1.807, 2.05) is 30.3 Å². The maximum Gasteiger partial charge on any atom is 0.230 e. The van der Waals surface area contributed by atoms with E-state index in [1.54, 1.807) is 18.4 Å². The minimum atomic E-state index is -0.130. The van der Waals surface area contributed by atoms with Crippen LogP contribution in [0, 0.1) is 0 Å². The number of anilines is 1. The van der Waals surface area contributed by atoms with Gasteiger partial charge in [-0.25, -0.2) is 0 Å². The number of halogens is 2. The number of nitrogens with zero attached hydrogens (tertiary/aromatic N) is 5. The zero-order valence-electron chi connectivity index (χ0n) is 18.5. The van der Waals surface area contributed by atoms with Crippen molar-refractivity contribution in [2.24, 2.45) is 0 Å². The standard InChI is InChI=1S/C25H21BrClN5O2S/c26-17-5-1-4-16(14-17)21(31-11-9-30(10-12-31)19-7-2-6-18(27)15-19)22-24(33)32-25(35-22)28-23(29-32)20-8-3-13-34-20/h1-8,13-15,21,33H,9-12H2/t21-/m1/s1. The molecule has 35 heavy (non-hydrogen) atoms. The van der Waals surface area contributed by atoms with Crippen LogP contribution >= 0.6 is 38.9 Å². The number of piperazine rings is 1. The third-order valence-corrected chi connectivity index (χ3v) is 8.01. The molecule has 6 rings (SSSR count). The maximum atomic E-state index is 11.3. The summed E-state index contributed by atoms with van der Waals surface area (Å²) < 4.78 is 7.93. The molecule has 1 saturated heterocycles. The van der Waals surface area contributed by atoms with Gasteiger partial charge in [-0.1, -0.05) is 57.1 Å². The Morgan fingerprint density at radius 3 is 2.57 bits per heavy atom. The van der Waals surface area contributed by atoms with Gasteiger partial charge in [-0.15, -0.1) is 5.10 Å². The first-order chi connectivity index (χ1) is 17.1. The number of hydrogen-bond donors (Lipinski definition) is 1. The number of benzene rings is 2. The Morgan fingerprint density at radius 2 is 1.86 bits per heavy atom. The molecular formula is C25H21BrClN5O2S. The van der Waals surface area contributed by atoms with Crippen molar-refractivity contribution in [3.63, 3.8) is 0 Å². The van der Waals surface area contributed by atoms with Gasteiger partial charge in [0, 0.05) is 41.4 Å². The van der Waals surface area contributed by atoms with Crippen LogP contribution in [0.5, 0.6) is 5.88 Å². The fraction of sp³-hybridized carbons (Fsp3) is 0.200. The highest BCUT2D eigenvalue weighted by molar-refractivity contribution is 9.10. The van der Waals surface area contributed by atoms with E-state index in [0.717, 1.165) is 51.8 Å². The molecule has 10 heteroatoms. The topological polar surface area (TPSA) is 70.0 Å². The highest BCUT2D eigenvalue weighted by atomic mass is 79.9. The minimum Gasteiger partial charge on any atom is -0.492 e. The summed E-state index contributed by atoms with van der Waals surface area (Å²) >= 11 is 11.3. The van der Waals surface area contributed by atoms with E-state index in [0.29, 0.717) is 16.5 Å². The first kappa shape index (κ1) is 22.6. The average molecular weight is 571 g/mol. The van der Waals surface area contributed by atoms with Gasteiger partial charge in [0.2, 0.25) is 16.7 Å². The van der Waals surface area contributed by atoms with Gasteiger partial charge in [0.15, 0.2) is 5.76 Å². The molecule has 5 aromatic rings. The van der Waals surface area contributed by atoms with Gasteiger partial charge in [0.05, 0.1) is 17.2 Å². The number of thiazole rings is 1. The van der Waals surface area contributed by atoms with Crippen LogP contribution in [0.3, 0.4) is 0 Å². The number of aromatic nitrogens is 3. The monoisotopic (exact) mass is 569 g/mol. The molecule has 0 spiro atoms. The fourth-order valence-corrected chi connectivity index (χ4v) is 6.27. The van der Waals surface area contributed by atoms with E-state index in [1.165, 1.54) is 15.9 Å². The van der Waals surface area contributed by atoms with E-state index in [2.05, 4.69) is 54.0 Å². The van der Waals surface area contributed by atoms with E-state index >= 15 is 0 Å². The third-order valence-electron chi connectivity index (χ3n) is 6.21. The molecular weight excluding hydrogens is 550 g/mol. The summed E-state index contributed by atoms with van der Waals surface area (Å²) in [6.07, 6.45) is 1.59. The summed E-state index contributed by atoms with van der Waals surface area (Å²) in [6.45, 7) is 3.37. The number of fused-ring (bicyclic) bond motifs is 1. The number of aromatic hydroxyl groups is 1.